The van der Waals surface area contributed by atoms with E-state index in [2.05, 4.69) is 69.5 Å². The Morgan fingerprint density at radius 2 is 1.78 bits per heavy atom. The third-order valence-electron chi connectivity index (χ3n) is 2.74. The number of rotatable bonds is 4. The average molecular weight is 263 g/mol. The first-order valence-corrected chi connectivity index (χ1v) is 9.43. The Kier molecular flexibility index (Phi) is 5.28. The van der Waals surface area contributed by atoms with E-state index in [-0.39, 0.29) is 5.41 Å². The fraction of sp³-hybridized carbons (Fsp3) is 0.600. The van der Waals surface area contributed by atoms with Crippen LogP contribution >= 0.6 is 0 Å². The summed E-state index contributed by atoms with van der Waals surface area (Å²) in [7, 11) is 4.20. The molecule has 0 fully saturated rings. The van der Waals surface area contributed by atoms with E-state index in [0.717, 1.165) is 12.3 Å². The molecule has 0 heterocycles. The lowest BCUT2D eigenvalue weighted by Gasteiger charge is -2.27. The minimum Gasteiger partial charge on any atom is -0.642 e. The van der Waals surface area contributed by atoms with Gasteiger partial charge in [0.2, 0.25) is 0 Å². The van der Waals surface area contributed by atoms with Gasteiger partial charge in [-0.1, -0.05) is 50.5 Å². The molecule has 0 unspecified atom stereocenters. The smallest absolute Gasteiger partial charge is 0.540 e. The van der Waals surface area contributed by atoms with Crippen LogP contribution < -0.4 is 3.79 Å². The molecule has 18 heavy (non-hydrogen) atoms. The topological polar surface area (TPSA) is 12.5 Å². The Balaban J connectivity index is 3.25. The number of nitrogens with zero attached hydrogens (tertiary/aromatic N) is 1. The van der Waals surface area contributed by atoms with Crippen molar-refractivity contribution < 1.29 is 3.79 Å². The third-order valence-corrected chi connectivity index (χ3v) is 3.45. The fourth-order valence-electron chi connectivity index (χ4n) is 2.02. The first-order chi connectivity index (χ1) is 8.21. The van der Waals surface area contributed by atoms with Crippen LogP contribution in [-0.2, 0) is 12.0 Å². The van der Waals surface area contributed by atoms with E-state index in [1.807, 2.05) is 0 Å². The lowest BCUT2D eigenvalue weighted by molar-refractivity contribution is 0.393. The van der Waals surface area contributed by atoms with Crippen LogP contribution in [0.1, 0.15) is 31.9 Å². The summed E-state index contributed by atoms with van der Waals surface area (Å²) >= 11 is -1.09. The summed E-state index contributed by atoms with van der Waals surface area (Å²) in [5.41, 5.74) is 2.75. The summed E-state index contributed by atoms with van der Waals surface area (Å²) in [5.74, 6) is 5.57. The van der Waals surface area contributed by atoms with Gasteiger partial charge in [-0.05, 0) is 25.1 Å². The second kappa shape index (κ2) is 6.10. The Labute approximate surface area is 117 Å². The van der Waals surface area contributed by atoms with Crippen molar-refractivity contribution in [2.45, 2.75) is 44.3 Å². The highest BCUT2D eigenvalue weighted by Gasteiger charge is 2.22. The van der Waals surface area contributed by atoms with Crippen LogP contribution in [0.3, 0.4) is 0 Å². The van der Waals surface area contributed by atoms with Crippen LogP contribution in [0.5, 0.6) is 5.75 Å². The van der Waals surface area contributed by atoms with Crippen LogP contribution in [0.25, 0.3) is 0 Å². The number of para-hydroxylation sites is 1. The highest BCUT2D eigenvalue weighted by Crippen LogP contribution is 2.34. The molecule has 2 nitrogen and oxygen atoms in total. The van der Waals surface area contributed by atoms with Crippen LogP contribution in [-0.4, -0.2) is 33.5 Å². The molecule has 100 valence electrons. The molecule has 0 saturated heterocycles. The van der Waals surface area contributed by atoms with Gasteiger partial charge in [0.15, 0.2) is 0 Å². The molecule has 0 saturated carbocycles. The van der Waals surface area contributed by atoms with Crippen LogP contribution in [0.2, 0.25) is 11.6 Å². The van der Waals surface area contributed by atoms with Crippen molar-refractivity contribution in [2.75, 3.05) is 14.1 Å². The Morgan fingerprint density at radius 1 is 1.17 bits per heavy atom. The summed E-state index contributed by atoms with van der Waals surface area (Å²) < 4.78 is 6.22. The van der Waals surface area contributed by atoms with Gasteiger partial charge in [-0.2, -0.15) is 0 Å². The summed E-state index contributed by atoms with van der Waals surface area (Å²) in [6.45, 7) is 7.67. The van der Waals surface area contributed by atoms with E-state index in [1.54, 1.807) is 0 Å². The Hall–Kier alpha value is -0.488. The minimum absolute atomic E-state index is 0.126. The van der Waals surface area contributed by atoms with Gasteiger partial charge in [0.1, 0.15) is 0 Å². The minimum atomic E-state index is -1.09. The molecule has 3 heteroatoms. The van der Waals surface area contributed by atoms with Crippen LogP contribution in [0, 0.1) is 0 Å². The number of hydrogen-bond donors (Lipinski definition) is 0. The van der Waals surface area contributed by atoms with Crippen molar-refractivity contribution in [1.29, 1.82) is 0 Å². The molecule has 0 amide bonds. The van der Waals surface area contributed by atoms with E-state index in [9.17, 15) is 0 Å². The monoisotopic (exact) mass is 263 g/mol. The van der Waals surface area contributed by atoms with Gasteiger partial charge < -0.3 is 8.69 Å². The number of benzene rings is 1. The van der Waals surface area contributed by atoms with E-state index in [0.29, 0.717) is 0 Å². The SMILES string of the molecule is CN(C)Cc1cccc(C(C)(C)C)c1[O][Al]([CH3])[CH3]. The summed E-state index contributed by atoms with van der Waals surface area (Å²) in [6, 6.07) is 6.53. The van der Waals surface area contributed by atoms with E-state index < -0.39 is 14.5 Å². The summed E-state index contributed by atoms with van der Waals surface area (Å²) in [4.78, 5) is 2.19. The first kappa shape index (κ1) is 15.6. The molecular formula is C15H26AlNO. The largest absolute Gasteiger partial charge is 0.642 e. The van der Waals surface area contributed by atoms with E-state index in [1.165, 1.54) is 11.1 Å². The number of hydrogen-bond acceptors (Lipinski definition) is 2. The fourth-order valence-corrected chi connectivity index (χ4v) is 2.77. The van der Waals surface area contributed by atoms with Gasteiger partial charge in [-0.25, -0.2) is 0 Å². The maximum absolute atomic E-state index is 6.22. The predicted molar refractivity (Wildman–Crippen MR) is 80.6 cm³/mol. The maximum Gasteiger partial charge on any atom is 0.540 e. The predicted octanol–water partition coefficient (Wildman–Crippen LogP) is 3.68. The zero-order valence-electron chi connectivity index (χ0n) is 12.9. The summed E-state index contributed by atoms with van der Waals surface area (Å²) in [6.07, 6.45) is 0. The first-order valence-electron chi connectivity index (χ1n) is 6.65. The van der Waals surface area contributed by atoms with Crippen molar-refractivity contribution >= 4 is 14.5 Å². The molecule has 0 bridgehead atoms. The molecule has 0 aliphatic rings. The van der Waals surface area contributed by atoms with Gasteiger partial charge in [0.05, 0.1) is 5.75 Å². The zero-order valence-corrected chi connectivity index (χ0v) is 14.0. The lowest BCUT2D eigenvalue weighted by atomic mass is 9.85. The molecule has 0 radical (unpaired) electrons. The Morgan fingerprint density at radius 3 is 2.22 bits per heavy atom. The third kappa shape index (κ3) is 4.32. The maximum atomic E-state index is 6.22. The quantitative estimate of drug-likeness (QED) is 0.768. The second-order valence-corrected chi connectivity index (χ2v) is 8.78. The molecule has 0 aliphatic carbocycles. The molecule has 1 rings (SSSR count). The van der Waals surface area contributed by atoms with Gasteiger partial charge in [-0.15, -0.1) is 0 Å². The zero-order chi connectivity index (χ0) is 13.9. The van der Waals surface area contributed by atoms with Crippen molar-refractivity contribution in [3.8, 4) is 5.75 Å². The highest BCUT2D eigenvalue weighted by molar-refractivity contribution is 6.49. The molecule has 1 aromatic rings. The van der Waals surface area contributed by atoms with Crippen LogP contribution in [0.15, 0.2) is 18.2 Å². The standard InChI is InChI=1S/C13H21NO.2CH3.Al/c1-13(2,3)11-8-6-7-10(12(11)15)9-14(4)5;;;/h6-8,15H,9H2,1-5H3;2*1H3;/q;;;+1/p-1. The van der Waals surface area contributed by atoms with Gasteiger partial charge in [0, 0.05) is 12.1 Å². The van der Waals surface area contributed by atoms with Crippen molar-refractivity contribution in [3.63, 3.8) is 0 Å². The van der Waals surface area contributed by atoms with E-state index in [4.69, 9.17) is 3.79 Å². The van der Waals surface area contributed by atoms with Crippen molar-refractivity contribution in [3.05, 3.63) is 29.3 Å². The summed E-state index contributed by atoms with van der Waals surface area (Å²) in [5, 5.41) is 0. The molecule has 0 N–H and O–H groups in total. The highest BCUT2D eigenvalue weighted by atomic mass is 27.2. The lowest BCUT2D eigenvalue weighted by Crippen LogP contribution is -2.21. The van der Waals surface area contributed by atoms with Gasteiger partial charge >= 0.3 is 14.5 Å². The van der Waals surface area contributed by atoms with Crippen molar-refractivity contribution in [1.82, 2.24) is 4.90 Å². The van der Waals surface area contributed by atoms with Gasteiger partial charge in [-0.3, -0.25) is 0 Å². The second-order valence-electron chi connectivity index (χ2n) is 6.45. The molecule has 0 spiro atoms. The molecule has 0 aliphatic heterocycles. The molecular weight excluding hydrogens is 237 g/mol. The van der Waals surface area contributed by atoms with E-state index >= 15 is 0 Å². The molecule has 0 aromatic heterocycles. The normalized spacial score (nSPS) is 11.8. The molecule has 0 atom stereocenters. The molecule has 1 aromatic carbocycles. The van der Waals surface area contributed by atoms with Crippen LogP contribution in [0.4, 0.5) is 0 Å². The van der Waals surface area contributed by atoms with Gasteiger partial charge in [0.25, 0.3) is 0 Å². The Bertz CT molecular complexity index is 394. The average Bonchev–Trinajstić information content (AvgIpc) is 2.17. The van der Waals surface area contributed by atoms with Crippen molar-refractivity contribution in [2.24, 2.45) is 0 Å².